The number of hydrogen-bond donors (Lipinski definition) is 0. The van der Waals surface area contributed by atoms with E-state index in [1.54, 1.807) is 24.3 Å². The molecule has 3 nitrogen and oxygen atoms in total. The Morgan fingerprint density at radius 3 is 2.40 bits per heavy atom. The molecule has 0 unspecified atom stereocenters. The van der Waals surface area contributed by atoms with Crippen molar-refractivity contribution in [2.75, 3.05) is 0 Å². The molecule has 2 aromatic carbocycles. The fraction of sp³-hybridized carbons (Fsp3) is 0. The highest BCUT2D eigenvalue weighted by atomic mass is 19.1. The van der Waals surface area contributed by atoms with Crippen LogP contribution in [0.25, 0.3) is 23.6 Å². The summed E-state index contributed by atoms with van der Waals surface area (Å²) in [5, 5.41) is 7.73. The first kappa shape index (κ1) is 12.3. The first-order valence-corrected chi connectivity index (χ1v) is 6.14. The molecule has 0 aliphatic carbocycles. The van der Waals surface area contributed by atoms with Crippen LogP contribution in [0.15, 0.2) is 59.0 Å². The first-order chi connectivity index (χ1) is 9.83. The molecule has 0 atom stereocenters. The van der Waals surface area contributed by atoms with Crippen LogP contribution in [-0.2, 0) is 0 Å². The molecule has 0 amide bonds. The first-order valence-electron chi connectivity index (χ1n) is 6.14. The van der Waals surface area contributed by atoms with Crippen molar-refractivity contribution in [2.45, 2.75) is 0 Å². The van der Waals surface area contributed by atoms with Crippen LogP contribution < -0.4 is 0 Å². The Morgan fingerprint density at radius 2 is 1.60 bits per heavy atom. The maximum atomic E-state index is 13.6. The molecule has 0 aliphatic rings. The van der Waals surface area contributed by atoms with Crippen molar-refractivity contribution in [3.05, 3.63) is 71.9 Å². The predicted molar refractivity (Wildman–Crippen MR) is 75.1 cm³/mol. The van der Waals surface area contributed by atoms with Crippen molar-refractivity contribution < 1.29 is 8.81 Å². The zero-order valence-electron chi connectivity index (χ0n) is 10.5. The average Bonchev–Trinajstić information content (AvgIpc) is 2.95. The summed E-state index contributed by atoms with van der Waals surface area (Å²) in [4.78, 5) is 0. The lowest BCUT2D eigenvalue weighted by molar-refractivity contribution is 0.548. The molecule has 0 N–H and O–H groups in total. The van der Waals surface area contributed by atoms with E-state index in [4.69, 9.17) is 4.42 Å². The molecule has 0 aliphatic heterocycles. The highest BCUT2D eigenvalue weighted by molar-refractivity contribution is 5.66. The predicted octanol–water partition coefficient (Wildman–Crippen LogP) is 4.05. The van der Waals surface area contributed by atoms with Crippen LogP contribution in [0.2, 0.25) is 0 Å². The molecule has 1 aromatic heterocycles. The summed E-state index contributed by atoms with van der Waals surface area (Å²) in [6.45, 7) is 0. The Bertz CT molecular complexity index is 735. The van der Waals surface area contributed by atoms with Gasteiger partial charge in [0.25, 0.3) is 5.89 Å². The van der Waals surface area contributed by atoms with Crippen molar-refractivity contribution in [1.29, 1.82) is 0 Å². The zero-order valence-corrected chi connectivity index (χ0v) is 10.5. The van der Waals surface area contributed by atoms with Gasteiger partial charge >= 0.3 is 0 Å². The lowest BCUT2D eigenvalue weighted by Crippen LogP contribution is -1.82. The van der Waals surface area contributed by atoms with Gasteiger partial charge in [-0.1, -0.05) is 42.5 Å². The van der Waals surface area contributed by atoms with E-state index in [1.165, 1.54) is 6.07 Å². The second-order valence-electron chi connectivity index (χ2n) is 4.17. The summed E-state index contributed by atoms with van der Waals surface area (Å²) in [6.07, 6.45) is 3.56. The molecule has 0 fully saturated rings. The topological polar surface area (TPSA) is 38.9 Å². The second kappa shape index (κ2) is 5.48. The third kappa shape index (κ3) is 2.64. The van der Waals surface area contributed by atoms with E-state index in [-0.39, 0.29) is 11.7 Å². The van der Waals surface area contributed by atoms with E-state index in [9.17, 15) is 4.39 Å². The van der Waals surface area contributed by atoms with Crippen molar-refractivity contribution in [2.24, 2.45) is 0 Å². The third-order valence-electron chi connectivity index (χ3n) is 2.76. The Hall–Kier alpha value is -2.75. The minimum atomic E-state index is -0.380. The second-order valence-corrected chi connectivity index (χ2v) is 4.17. The molecule has 1 heterocycles. The molecular formula is C16H11FN2O. The minimum absolute atomic E-state index is 0.177. The Kier molecular flexibility index (Phi) is 3.37. The quantitative estimate of drug-likeness (QED) is 0.718. The van der Waals surface area contributed by atoms with Gasteiger partial charge in [-0.3, -0.25) is 0 Å². The van der Waals surface area contributed by atoms with E-state index < -0.39 is 0 Å². The summed E-state index contributed by atoms with van der Waals surface area (Å²) in [5.41, 5.74) is 1.33. The van der Waals surface area contributed by atoms with Crippen LogP contribution >= 0.6 is 0 Å². The SMILES string of the molecule is Fc1ccccc1-c1nnc(/C=C/c2ccccc2)o1. The van der Waals surface area contributed by atoms with Crippen LogP contribution in [0, 0.1) is 5.82 Å². The molecule has 0 saturated heterocycles. The fourth-order valence-electron chi connectivity index (χ4n) is 1.78. The lowest BCUT2D eigenvalue weighted by Gasteiger charge is -1.94. The fourth-order valence-corrected chi connectivity index (χ4v) is 1.78. The highest BCUT2D eigenvalue weighted by Crippen LogP contribution is 2.21. The maximum Gasteiger partial charge on any atom is 0.251 e. The third-order valence-corrected chi connectivity index (χ3v) is 2.76. The van der Waals surface area contributed by atoms with Gasteiger partial charge in [-0.15, -0.1) is 10.2 Å². The standard InChI is InChI=1S/C16H11FN2O/c17-14-9-5-4-8-13(14)16-19-18-15(20-16)11-10-12-6-2-1-3-7-12/h1-11H/b11-10+. The molecule has 98 valence electrons. The Balaban J connectivity index is 1.85. The van der Waals surface area contributed by atoms with Gasteiger partial charge in [-0.05, 0) is 23.8 Å². The lowest BCUT2D eigenvalue weighted by atomic mass is 10.2. The van der Waals surface area contributed by atoms with Crippen molar-refractivity contribution >= 4 is 12.2 Å². The minimum Gasteiger partial charge on any atom is -0.417 e. The summed E-state index contributed by atoms with van der Waals surface area (Å²) in [7, 11) is 0. The van der Waals surface area contributed by atoms with Gasteiger partial charge in [0.1, 0.15) is 5.82 Å². The Labute approximate surface area is 115 Å². The van der Waals surface area contributed by atoms with E-state index in [2.05, 4.69) is 10.2 Å². The summed E-state index contributed by atoms with van der Waals surface area (Å²) in [6, 6.07) is 16.1. The zero-order chi connectivity index (χ0) is 13.8. The smallest absolute Gasteiger partial charge is 0.251 e. The molecule has 0 spiro atoms. The van der Waals surface area contributed by atoms with Crippen LogP contribution in [0.5, 0.6) is 0 Å². The van der Waals surface area contributed by atoms with Gasteiger partial charge in [-0.2, -0.15) is 0 Å². The van der Waals surface area contributed by atoms with Crippen LogP contribution in [0.1, 0.15) is 11.5 Å². The average molecular weight is 266 g/mol. The van der Waals surface area contributed by atoms with Crippen LogP contribution in [0.4, 0.5) is 4.39 Å². The molecular weight excluding hydrogens is 255 g/mol. The summed E-state index contributed by atoms with van der Waals surface area (Å²) >= 11 is 0. The van der Waals surface area contributed by atoms with Gasteiger partial charge < -0.3 is 4.42 Å². The van der Waals surface area contributed by atoms with Gasteiger partial charge in [0.2, 0.25) is 5.89 Å². The normalized spacial score (nSPS) is 11.1. The van der Waals surface area contributed by atoms with Gasteiger partial charge in [0.15, 0.2) is 0 Å². The summed E-state index contributed by atoms with van der Waals surface area (Å²) < 4.78 is 19.0. The number of nitrogens with zero attached hydrogens (tertiary/aromatic N) is 2. The number of benzene rings is 2. The van der Waals surface area contributed by atoms with Gasteiger partial charge in [-0.25, -0.2) is 4.39 Å². The van der Waals surface area contributed by atoms with Gasteiger partial charge in [0, 0.05) is 6.08 Å². The highest BCUT2D eigenvalue weighted by Gasteiger charge is 2.10. The summed E-state index contributed by atoms with van der Waals surface area (Å²) in [5.74, 6) is 0.137. The number of rotatable bonds is 3. The molecule has 4 heteroatoms. The number of halogens is 1. The van der Waals surface area contributed by atoms with Crippen molar-refractivity contribution in [3.63, 3.8) is 0 Å². The molecule has 0 radical (unpaired) electrons. The van der Waals surface area contributed by atoms with Crippen LogP contribution in [-0.4, -0.2) is 10.2 Å². The van der Waals surface area contributed by atoms with Crippen molar-refractivity contribution in [1.82, 2.24) is 10.2 Å². The van der Waals surface area contributed by atoms with E-state index in [0.29, 0.717) is 11.5 Å². The van der Waals surface area contributed by atoms with Crippen molar-refractivity contribution in [3.8, 4) is 11.5 Å². The number of aromatic nitrogens is 2. The number of hydrogen-bond acceptors (Lipinski definition) is 3. The van der Waals surface area contributed by atoms with E-state index in [0.717, 1.165) is 5.56 Å². The Morgan fingerprint density at radius 1 is 0.850 bits per heavy atom. The molecule has 0 bridgehead atoms. The van der Waals surface area contributed by atoms with Crippen LogP contribution in [0.3, 0.4) is 0 Å². The molecule has 20 heavy (non-hydrogen) atoms. The maximum absolute atomic E-state index is 13.6. The van der Waals surface area contributed by atoms with E-state index in [1.807, 2.05) is 36.4 Å². The largest absolute Gasteiger partial charge is 0.417 e. The molecule has 3 rings (SSSR count). The molecule has 3 aromatic rings. The van der Waals surface area contributed by atoms with E-state index >= 15 is 0 Å². The van der Waals surface area contributed by atoms with Gasteiger partial charge in [0.05, 0.1) is 5.56 Å². The monoisotopic (exact) mass is 266 g/mol. The molecule has 0 saturated carbocycles.